The van der Waals surface area contributed by atoms with Crippen LogP contribution in [0.4, 0.5) is 8.78 Å². The summed E-state index contributed by atoms with van der Waals surface area (Å²) in [6, 6.07) is 1.22. The lowest BCUT2D eigenvalue weighted by molar-refractivity contribution is -0.169. The number of esters is 1. The number of carbonyl (C=O) groups excluding carboxylic acids is 1. The summed E-state index contributed by atoms with van der Waals surface area (Å²) in [5, 5.41) is 27.1. The third kappa shape index (κ3) is 4.50. The minimum Gasteiger partial charge on any atom is -0.479 e. The van der Waals surface area contributed by atoms with E-state index in [0.717, 1.165) is 0 Å². The number of rotatable bonds is 5. The van der Waals surface area contributed by atoms with E-state index in [0.29, 0.717) is 12.1 Å². The molecule has 0 radical (unpaired) electrons. The van der Waals surface area contributed by atoms with Gasteiger partial charge < -0.3 is 25.6 Å². The smallest absolute Gasteiger partial charge is 0.479 e. The first-order valence-electron chi connectivity index (χ1n) is 6.87. The van der Waals surface area contributed by atoms with Crippen LogP contribution < -0.4 is 11.2 Å². The average molecular weight is 344 g/mol. The SMILES string of the molecule is CC(C)(C)OC(=O)[C@](N)(Cc1c(F)cc([10B](O)O)cc1F)C(=O)O. The standard InChI is InChI=1S/C14H18BF2NO6/c1-13(2,3)24-12(21)14(18,11(19)20)6-8-9(16)4-7(15(22)23)5-10(8)17/h4-5,22-23H,6,18H2,1-3H3,(H,19,20)/t14-/m0/s1/i15-1. The van der Waals surface area contributed by atoms with Crippen molar-refractivity contribution < 1.29 is 38.3 Å². The van der Waals surface area contributed by atoms with Crippen LogP contribution in [-0.4, -0.2) is 45.4 Å². The second kappa shape index (κ2) is 6.84. The number of nitrogens with two attached hydrogens (primary N) is 1. The van der Waals surface area contributed by atoms with Crippen molar-refractivity contribution >= 4 is 24.5 Å². The van der Waals surface area contributed by atoms with Crippen LogP contribution in [0.2, 0.25) is 0 Å². The number of hydrogen-bond donors (Lipinski definition) is 4. The van der Waals surface area contributed by atoms with E-state index in [1.54, 1.807) is 0 Å². The maximum absolute atomic E-state index is 14.0. The molecule has 132 valence electrons. The number of halogens is 2. The van der Waals surface area contributed by atoms with Gasteiger partial charge in [-0.3, -0.25) is 0 Å². The normalized spacial score (nSPS) is 14.0. The van der Waals surface area contributed by atoms with E-state index in [1.807, 2.05) is 0 Å². The molecule has 10 heteroatoms. The van der Waals surface area contributed by atoms with Crippen molar-refractivity contribution in [1.82, 2.24) is 0 Å². The lowest BCUT2D eigenvalue weighted by Crippen LogP contribution is -2.59. The molecule has 0 aliphatic carbocycles. The Morgan fingerprint density at radius 3 is 2.00 bits per heavy atom. The van der Waals surface area contributed by atoms with Crippen LogP contribution in [0.5, 0.6) is 0 Å². The molecule has 0 aliphatic heterocycles. The van der Waals surface area contributed by atoms with Gasteiger partial charge in [0.15, 0.2) is 0 Å². The molecule has 0 saturated carbocycles. The van der Waals surface area contributed by atoms with Gasteiger partial charge in [-0.1, -0.05) is 0 Å². The minimum absolute atomic E-state index is 0.469. The minimum atomic E-state index is -2.71. The molecular formula is C14H18BF2NO6. The Morgan fingerprint density at radius 2 is 1.67 bits per heavy atom. The van der Waals surface area contributed by atoms with Gasteiger partial charge in [-0.15, -0.1) is 0 Å². The molecule has 0 bridgehead atoms. The van der Waals surface area contributed by atoms with Crippen LogP contribution in [0.1, 0.15) is 26.3 Å². The second-order valence-corrected chi connectivity index (χ2v) is 6.29. The van der Waals surface area contributed by atoms with E-state index in [-0.39, 0.29) is 0 Å². The van der Waals surface area contributed by atoms with Crippen molar-refractivity contribution in [2.75, 3.05) is 0 Å². The largest absolute Gasteiger partial charge is 0.488 e. The molecule has 24 heavy (non-hydrogen) atoms. The van der Waals surface area contributed by atoms with Gasteiger partial charge in [0.25, 0.3) is 0 Å². The number of carboxylic acid groups (broad SMARTS) is 1. The Balaban J connectivity index is 3.27. The fraction of sp³-hybridized carbons (Fsp3) is 0.429. The zero-order valence-electron chi connectivity index (χ0n) is 13.3. The molecule has 1 aromatic carbocycles. The summed E-state index contributed by atoms with van der Waals surface area (Å²) in [5.74, 6) is -5.70. The summed E-state index contributed by atoms with van der Waals surface area (Å²) in [4.78, 5) is 23.5. The highest BCUT2D eigenvalue weighted by molar-refractivity contribution is 6.58. The van der Waals surface area contributed by atoms with Crippen LogP contribution in [-0.2, 0) is 20.7 Å². The Morgan fingerprint density at radius 1 is 1.21 bits per heavy atom. The molecule has 7 nitrogen and oxygen atoms in total. The van der Waals surface area contributed by atoms with Gasteiger partial charge in [-0.25, -0.2) is 18.4 Å². The molecule has 0 unspecified atom stereocenters. The molecule has 0 aliphatic rings. The predicted molar refractivity (Wildman–Crippen MR) is 80.3 cm³/mol. The van der Waals surface area contributed by atoms with Gasteiger partial charge in [0.05, 0.1) is 0 Å². The molecule has 0 spiro atoms. The lowest BCUT2D eigenvalue weighted by atomic mass is 9.26. The lowest BCUT2D eigenvalue weighted by Gasteiger charge is -2.28. The van der Waals surface area contributed by atoms with Gasteiger partial charge in [-0.2, -0.15) is 0 Å². The van der Waals surface area contributed by atoms with E-state index in [9.17, 15) is 23.5 Å². The van der Waals surface area contributed by atoms with Gasteiger partial charge in [0, 0.05) is 12.0 Å². The topological polar surface area (TPSA) is 130 Å². The first kappa shape index (κ1) is 20.0. The van der Waals surface area contributed by atoms with Crippen molar-refractivity contribution in [2.24, 2.45) is 5.73 Å². The third-order valence-electron chi connectivity index (χ3n) is 3.06. The average Bonchev–Trinajstić information content (AvgIpc) is 2.39. The number of hydrogen-bond acceptors (Lipinski definition) is 6. The molecule has 5 N–H and O–H groups in total. The van der Waals surface area contributed by atoms with Crippen molar-refractivity contribution in [3.05, 3.63) is 29.3 Å². The highest BCUT2D eigenvalue weighted by Gasteiger charge is 2.46. The third-order valence-corrected chi connectivity index (χ3v) is 3.06. The van der Waals surface area contributed by atoms with Crippen LogP contribution in [0.3, 0.4) is 0 Å². The number of aliphatic carboxylic acids is 1. The van der Waals surface area contributed by atoms with Gasteiger partial charge in [0.2, 0.25) is 5.54 Å². The molecule has 1 rings (SSSR count). The maximum Gasteiger partial charge on any atom is 0.488 e. The van der Waals surface area contributed by atoms with E-state index in [2.05, 4.69) is 0 Å². The van der Waals surface area contributed by atoms with Gasteiger partial charge >= 0.3 is 19.1 Å². The molecule has 0 saturated heterocycles. The summed E-state index contributed by atoms with van der Waals surface area (Å²) in [6.07, 6.45) is -1.02. The zero-order valence-corrected chi connectivity index (χ0v) is 13.3. The Hall–Kier alpha value is -2.04. The van der Waals surface area contributed by atoms with Gasteiger partial charge in [0.1, 0.15) is 17.2 Å². The monoisotopic (exact) mass is 344 g/mol. The Bertz CT molecular complexity index is 638. The Kier molecular flexibility index (Phi) is 5.70. The van der Waals surface area contributed by atoms with Crippen LogP contribution >= 0.6 is 0 Å². The first-order valence-corrected chi connectivity index (χ1v) is 6.87. The highest BCUT2D eigenvalue weighted by Crippen LogP contribution is 2.21. The molecule has 0 amide bonds. The summed E-state index contributed by atoms with van der Waals surface area (Å²) in [5.41, 5.74) is 0.532. The number of ether oxygens (including phenoxy) is 1. The molecular weight excluding hydrogens is 326 g/mol. The number of benzene rings is 1. The molecule has 1 aromatic rings. The van der Waals surface area contributed by atoms with Crippen LogP contribution in [0.15, 0.2) is 12.1 Å². The molecule has 0 aromatic heterocycles. The van der Waals surface area contributed by atoms with Crippen molar-refractivity contribution in [1.29, 1.82) is 0 Å². The number of carboxylic acids is 1. The van der Waals surface area contributed by atoms with Crippen molar-refractivity contribution in [3.8, 4) is 0 Å². The second-order valence-electron chi connectivity index (χ2n) is 6.29. The fourth-order valence-electron chi connectivity index (χ4n) is 1.82. The first-order chi connectivity index (χ1) is 10.8. The van der Waals surface area contributed by atoms with Crippen molar-refractivity contribution in [2.45, 2.75) is 38.3 Å². The Labute approximate surface area is 137 Å². The summed E-state index contributed by atoms with van der Waals surface area (Å²) < 4.78 is 32.9. The van der Waals surface area contributed by atoms with Crippen LogP contribution in [0.25, 0.3) is 0 Å². The van der Waals surface area contributed by atoms with E-state index >= 15 is 0 Å². The fourth-order valence-corrected chi connectivity index (χ4v) is 1.82. The predicted octanol–water partition coefficient (Wildman–Crippen LogP) is -0.689. The molecule has 0 heterocycles. The quantitative estimate of drug-likeness (QED) is 0.316. The number of carbonyl (C=O) groups is 2. The molecule has 0 fully saturated rings. The maximum atomic E-state index is 14.0. The summed E-state index contributed by atoms with van der Waals surface area (Å²) in [6.45, 7) is 4.43. The highest BCUT2D eigenvalue weighted by atomic mass is 19.1. The summed E-state index contributed by atoms with van der Waals surface area (Å²) in [7, 11) is -2.11. The van der Waals surface area contributed by atoms with E-state index in [4.69, 9.17) is 20.5 Å². The van der Waals surface area contributed by atoms with Crippen molar-refractivity contribution in [3.63, 3.8) is 0 Å². The zero-order chi connectivity index (χ0) is 18.9. The van der Waals surface area contributed by atoms with Gasteiger partial charge in [-0.05, 0) is 38.4 Å². The molecule has 1 atom stereocenters. The van der Waals surface area contributed by atoms with E-state index in [1.165, 1.54) is 20.8 Å². The van der Waals surface area contributed by atoms with Crippen LogP contribution in [0, 0.1) is 11.6 Å². The van der Waals surface area contributed by atoms with E-state index < -0.39 is 59.3 Å². The summed E-state index contributed by atoms with van der Waals surface area (Å²) >= 11 is 0.